The quantitative estimate of drug-likeness (QED) is 0.561. The summed E-state index contributed by atoms with van der Waals surface area (Å²) in [4.78, 5) is 38.0. The summed E-state index contributed by atoms with van der Waals surface area (Å²) in [6.07, 6.45) is 4.33. The number of nitrogens with one attached hydrogen (secondary N) is 2. The molecule has 2 aliphatic rings. The van der Waals surface area contributed by atoms with E-state index in [0.29, 0.717) is 62.1 Å². The second-order valence-electron chi connectivity index (χ2n) is 8.03. The van der Waals surface area contributed by atoms with Crippen LogP contribution in [0.15, 0.2) is 5.16 Å². The molecule has 32 heavy (non-hydrogen) atoms. The summed E-state index contributed by atoms with van der Waals surface area (Å²) in [6.45, 7) is 7.73. The number of hydrogen-bond acceptors (Lipinski definition) is 9. The molecule has 11 nitrogen and oxygen atoms in total. The summed E-state index contributed by atoms with van der Waals surface area (Å²) in [5.74, 6) is 2.25. The van der Waals surface area contributed by atoms with Gasteiger partial charge in [-0.05, 0) is 26.7 Å². The van der Waals surface area contributed by atoms with Crippen LogP contribution < -0.4 is 10.6 Å². The third-order valence-electron chi connectivity index (χ3n) is 5.89. The molecular formula is C20H31N9O2S. The van der Waals surface area contributed by atoms with E-state index >= 15 is 0 Å². The van der Waals surface area contributed by atoms with Crippen molar-refractivity contribution in [2.45, 2.75) is 44.7 Å². The van der Waals surface area contributed by atoms with Crippen molar-refractivity contribution in [2.24, 2.45) is 5.92 Å². The van der Waals surface area contributed by atoms with E-state index in [1.807, 2.05) is 23.6 Å². The van der Waals surface area contributed by atoms with Crippen LogP contribution in [0.3, 0.4) is 0 Å². The number of hydrogen-bond donors (Lipinski definition) is 2. The molecule has 1 saturated carbocycles. The maximum absolute atomic E-state index is 12.8. The number of anilines is 2. The molecule has 2 aromatic rings. The van der Waals surface area contributed by atoms with Crippen molar-refractivity contribution in [2.75, 3.05) is 55.7 Å². The molecule has 0 spiro atoms. The monoisotopic (exact) mass is 461 g/mol. The number of piperazine rings is 1. The highest BCUT2D eigenvalue weighted by Crippen LogP contribution is 2.27. The Balaban J connectivity index is 1.35. The smallest absolute Gasteiger partial charge is 0.261 e. The van der Waals surface area contributed by atoms with Gasteiger partial charge in [-0.25, -0.2) is 4.40 Å². The summed E-state index contributed by atoms with van der Waals surface area (Å²) in [6, 6.07) is 0. The summed E-state index contributed by atoms with van der Waals surface area (Å²) < 4.78 is 1.74. The second-order valence-corrected chi connectivity index (χ2v) is 8.97. The fourth-order valence-corrected chi connectivity index (χ4v) is 5.05. The van der Waals surface area contributed by atoms with Crippen LogP contribution in [-0.4, -0.2) is 91.2 Å². The van der Waals surface area contributed by atoms with Crippen molar-refractivity contribution in [1.29, 1.82) is 0 Å². The van der Waals surface area contributed by atoms with E-state index in [4.69, 9.17) is 0 Å². The molecule has 0 atom stereocenters. The molecular weight excluding hydrogens is 430 g/mol. The lowest BCUT2D eigenvalue weighted by Gasteiger charge is -2.36. The topological polar surface area (TPSA) is 121 Å². The molecule has 0 unspecified atom stereocenters. The first-order valence-electron chi connectivity index (χ1n) is 11.4. The van der Waals surface area contributed by atoms with E-state index in [1.54, 1.807) is 4.40 Å². The van der Waals surface area contributed by atoms with E-state index < -0.39 is 0 Å². The standard InChI is InChI=1S/C20H31N9O2S/c1-3-21-17-23-18(22-4-2)29-19(24-17)25-26-20(29)32-13-15(30)27-9-11-28(12-10-27)16(31)14-7-5-6-8-14/h14H,3-13H2,1-2H3,(H2,21,22,23,24,25). The van der Waals surface area contributed by atoms with Gasteiger partial charge >= 0.3 is 0 Å². The van der Waals surface area contributed by atoms with Crippen molar-refractivity contribution < 1.29 is 9.59 Å². The molecule has 0 aromatic carbocycles. The number of nitrogens with zero attached hydrogens (tertiary/aromatic N) is 7. The number of thioether (sulfide) groups is 1. The minimum absolute atomic E-state index is 0.0369. The summed E-state index contributed by atoms with van der Waals surface area (Å²) in [5, 5.41) is 15.2. The third-order valence-corrected chi connectivity index (χ3v) is 6.80. The predicted octanol–water partition coefficient (Wildman–Crippen LogP) is 1.34. The van der Waals surface area contributed by atoms with Crippen molar-refractivity contribution >= 4 is 41.3 Å². The van der Waals surface area contributed by atoms with Crippen LogP contribution in [0, 0.1) is 5.92 Å². The molecule has 4 rings (SSSR count). The van der Waals surface area contributed by atoms with Crippen LogP contribution in [0.25, 0.3) is 5.78 Å². The number of rotatable bonds is 8. The summed E-state index contributed by atoms with van der Waals surface area (Å²) >= 11 is 1.32. The number of amides is 2. The number of aromatic nitrogens is 5. The Morgan fingerprint density at radius 1 is 0.969 bits per heavy atom. The van der Waals surface area contributed by atoms with E-state index in [-0.39, 0.29) is 23.5 Å². The van der Waals surface area contributed by atoms with Crippen LogP contribution in [0.1, 0.15) is 39.5 Å². The van der Waals surface area contributed by atoms with Gasteiger partial charge in [0.1, 0.15) is 0 Å². The average molecular weight is 462 g/mol. The molecule has 0 bridgehead atoms. The van der Waals surface area contributed by atoms with E-state index in [9.17, 15) is 9.59 Å². The number of carbonyl (C=O) groups excluding carboxylic acids is 2. The van der Waals surface area contributed by atoms with Crippen molar-refractivity contribution in [1.82, 2.24) is 34.4 Å². The minimum Gasteiger partial charge on any atom is -0.355 e. The fraction of sp³-hybridized carbons (Fsp3) is 0.700. The van der Waals surface area contributed by atoms with E-state index in [2.05, 4.69) is 30.8 Å². The van der Waals surface area contributed by atoms with E-state index in [0.717, 1.165) is 25.7 Å². The first-order valence-corrected chi connectivity index (χ1v) is 12.4. The minimum atomic E-state index is 0.0369. The number of carbonyl (C=O) groups is 2. The maximum atomic E-state index is 12.8. The lowest BCUT2D eigenvalue weighted by atomic mass is 10.1. The molecule has 12 heteroatoms. The van der Waals surface area contributed by atoms with Gasteiger partial charge in [0, 0.05) is 45.2 Å². The van der Waals surface area contributed by atoms with E-state index in [1.165, 1.54) is 11.8 Å². The Hall–Kier alpha value is -2.63. The van der Waals surface area contributed by atoms with Gasteiger partial charge in [0.05, 0.1) is 5.75 Å². The van der Waals surface area contributed by atoms with Gasteiger partial charge in [-0.2, -0.15) is 9.97 Å². The first kappa shape index (κ1) is 22.6. The van der Waals surface area contributed by atoms with Gasteiger partial charge in [0.2, 0.25) is 23.7 Å². The predicted molar refractivity (Wildman–Crippen MR) is 123 cm³/mol. The Kier molecular flexibility index (Phi) is 7.28. The molecule has 2 aromatic heterocycles. The fourth-order valence-electron chi connectivity index (χ4n) is 4.22. The molecule has 1 aliphatic heterocycles. The molecule has 3 heterocycles. The van der Waals surface area contributed by atoms with Crippen LogP contribution >= 0.6 is 11.8 Å². The average Bonchev–Trinajstić information content (AvgIpc) is 3.48. The normalized spacial score (nSPS) is 17.2. The zero-order chi connectivity index (χ0) is 22.5. The van der Waals surface area contributed by atoms with Gasteiger partial charge in [0.25, 0.3) is 5.78 Å². The lowest BCUT2D eigenvalue weighted by molar-refractivity contribution is -0.141. The van der Waals surface area contributed by atoms with Crippen LogP contribution in [-0.2, 0) is 9.59 Å². The van der Waals surface area contributed by atoms with Gasteiger partial charge in [-0.3, -0.25) is 9.59 Å². The van der Waals surface area contributed by atoms with Crippen molar-refractivity contribution in [3.8, 4) is 0 Å². The van der Waals surface area contributed by atoms with Gasteiger partial charge in [-0.15, -0.1) is 10.2 Å². The number of fused-ring (bicyclic) bond motifs is 1. The van der Waals surface area contributed by atoms with Crippen LogP contribution in [0.5, 0.6) is 0 Å². The maximum Gasteiger partial charge on any atom is 0.261 e. The Morgan fingerprint density at radius 3 is 2.34 bits per heavy atom. The Bertz CT molecular complexity index is 952. The largest absolute Gasteiger partial charge is 0.355 e. The van der Waals surface area contributed by atoms with Crippen LogP contribution in [0.4, 0.5) is 11.9 Å². The summed E-state index contributed by atoms with van der Waals surface area (Å²) in [5.41, 5.74) is 0. The highest BCUT2D eigenvalue weighted by atomic mass is 32.2. The lowest BCUT2D eigenvalue weighted by Crippen LogP contribution is -2.52. The Labute approximate surface area is 191 Å². The molecule has 2 fully saturated rings. The first-order chi connectivity index (χ1) is 15.6. The molecule has 1 aliphatic carbocycles. The molecule has 2 N–H and O–H groups in total. The molecule has 1 saturated heterocycles. The highest BCUT2D eigenvalue weighted by Gasteiger charge is 2.30. The van der Waals surface area contributed by atoms with Gasteiger partial charge in [0.15, 0.2) is 5.16 Å². The molecule has 0 radical (unpaired) electrons. The zero-order valence-electron chi connectivity index (χ0n) is 18.7. The SMILES string of the molecule is CCNc1nc(NCC)n2c(SCC(=O)N3CCN(C(=O)C4CCCC4)CC3)nnc2n1. The Morgan fingerprint density at radius 2 is 1.66 bits per heavy atom. The van der Waals surface area contributed by atoms with Crippen LogP contribution in [0.2, 0.25) is 0 Å². The third kappa shape index (κ3) is 4.89. The zero-order valence-corrected chi connectivity index (χ0v) is 19.5. The second kappa shape index (κ2) is 10.3. The van der Waals surface area contributed by atoms with Gasteiger partial charge < -0.3 is 20.4 Å². The summed E-state index contributed by atoms with van der Waals surface area (Å²) in [7, 11) is 0. The van der Waals surface area contributed by atoms with Crippen molar-refractivity contribution in [3.05, 3.63) is 0 Å². The molecule has 174 valence electrons. The highest BCUT2D eigenvalue weighted by molar-refractivity contribution is 7.99. The van der Waals surface area contributed by atoms with Gasteiger partial charge in [-0.1, -0.05) is 24.6 Å². The van der Waals surface area contributed by atoms with Crippen molar-refractivity contribution in [3.63, 3.8) is 0 Å². The molecule has 2 amide bonds.